The number of aromatic nitrogens is 2. The van der Waals surface area contributed by atoms with Gasteiger partial charge < -0.3 is 25.1 Å². The predicted molar refractivity (Wildman–Crippen MR) is 132 cm³/mol. The second kappa shape index (κ2) is 11.9. The Labute approximate surface area is 201 Å². The van der Waals surface area contributed by atoms with Gasteiger partial charge in [0.1, 0.15) is 11.5 Å². The van der Waals surface area contributed by atoms with Crippen molar-refractivity contribution in [2.24, 2.45) is 0 Å². The topological polar surface area (TPSA) is 122 Å². The number of amides is 2. The number of hydrogen-bond donors (Lipinski definition) is 3. The van der Waals surface area contributed by atoms with Crippen molar-refractivity contribution >= 4 is 35.0 Å². The van der Waals surface area contributed by atoms with Crippen molar-refractivity contribution in [2.75, 3.05) is 30.6 Å². The van der Waals surface area contributed by atoms with Crippen molar-refractivity contribution in [2.45, 2.75) is 24.9 Å². The quantitative estimate of drug-likeness (QED) is 0.297. The largest absolute Gasteiger partial charge is 0.494 e. The molecule has 0 atom stereocenters. The minimum atomic E-state index is -0.324. The number of H-pyrrole nitrogens is 1. The van der Waals surface area contributed by atoms with Gasteiger partial charge in [0.05, 0.1) is 31.3 Å². The number of nitrogens with one attached hydrogen (secondary N) is 3. The number of carbonyl (C=O) groups excluding carboxylic acids is 2. The summed E-state index contributed by atoms with van der Waals surface area (Å²) < 4.78 is 10.8. The number of thioether (sulfide) groups is 1. The van der Waals surface area contributed by atoms with E-state index in [1.54, 1.807) is 36.4 Å². The van der Waals surface area contributed by atoms with E-state index in [0.29, 0.717) is 45.7 Å². The molecule has 1 heterocycles. The average molecular weight is 483 g/mol. The summed E-state index contributed by atoms with van der Waals surface area (Å²) in [5.41, 5.74) is 1.71. The number of carbonyl (C=O) groups is 2. The van der Waals surface area contributed by atoms with Crippen LogP contribution in [0.1, 0.15) is 29.4 Å². The summed E-state index contributed by atoms with van der Waals surface area (Å²) in [5, 5.41) is 5.96. The number of hydrogen-bond acceptors (Lipinski definition) is 7. The summed E-state index contributed by atoms with van der Waals surface area (Å²) in [4.78, 5) is 43.9. The molecule has 0 radical (unpaired) electrons. The number of ether oxygens (including phenoxy) is 2. The minimum absolute atomic E-state index is 0.0243. The van der Waals surface area contributed by atoms with Crippen molar-refractivity contribution in [3.05, 3.63) is 70.1 Å². The zero-order chi connectivity index (χ0) is 24.5. The standard InChI is InChI=1S/C24H26N4O5S/c1-4-8-16-11-21(29)28-24(25-16)34-14-22(30)26-17-12-20(33-3)18(13-19(17)32-2)27-23(31)15-9-6-5-7-10-15/h5-7,9-13H,4,8,14H2,1-3H3,(H,26,30)(H,27,31)(H,25,28,29). The fourth-order valence-corrected chi connectivity index (χ4v) is 3.83. The maximum absolute atomic E-state index is 12.6. The van der Waals surface area contributed by atoms with Gasteiger partial charge in [0, 0.05) is 29.5 Å². The Bertz CT molecular complexity index is 1210. The van der Waals surface area contributed by atoms with Gasteiger partial charge in [-0.25, -0.2) is 4.98 Å². The SMILES string of the molecule is CCCc1cc(=O)[nH]c(SCC(=O)Nc2cc(OC)c(NC(=O)c3ccccc3)cc2OC)n1. The molecule has 0 aliphatic rings. The van der Waals surface area contributed by atoms with Crippen molar-refractivity contribution < 1.29 is 19.1 Å². The van der Waals surface area contributed by atoms with E-state index >= 15 is 0 Å². The van der Waals surface area contributed by atoms with Crippen molar-refractivity contribution in [1.29, 1.82) is 0 Å². The molecule has 0 saturated heterocycles. The zero-order valence-corrected chi connectivity index (χ0v) is 20.0. The summed E-state index contributed by atoms with van der Waals surface area (Å²) in [6, 6.07) is 13.4. The normalized spacial score (nSPS) is 10.4. The number of nitrogens with zero attached hydrogens (tertiary/aromatic N) is 1. The second-order valence-corrected chi connectivity index (χ2v) is 8.17. The zero-order valence-electron chi connectivity index (χ0n) is 19.1. The Morgan fingerprint density at radius 3 is 2.26 bits per heavy atom. The molecular formula is C24H26N4O5S. The Kier molecular flexibility index (Phi) is 8.69. The van der Waals surface area contributed by atoms with Crippen LogP contribution in [0.3, 0.4) is 0 Å². The van der Waals surface area contributed by atoms with E-state index in [9.17, 15) is 14.4 Å². The van der Waals surface area contributed by atoms with E-state index in [-0.39, 0.29) is 23.1 Å². The van der Waals surface area contributed by atoms with Crippen LogP contribution in [-0.4, -0.2) is 41.8 Å². The van der Waals surface area contributed by atoms with E-state index in [0.717, 1.165) is 18.2 Å². The number of anilines is 2. The Morgan fingerprint density at radius 1 is 1.00 bits per heavy atom. The molecule has 10 heteroatoms. The van der Waals surface area contributed by atoms with Crippen LogP contribution in [0.2, 0.25) is 0 Å². The van der Waals surface area contributed by atoms with Crippen molar-refractivity contribution in [3.8, 4) is 11.5 Å². The molecule has 0 fully saturated rings. The maximum atomic E-state index is 12.6. The molecule has 3 aromatic rings. The highest BCUT2D eigenvalue weighted by molar-refractivity contribution is 7.99. The van der Waals surface area contributed by atoms with E-state index in [4.69, 9.17) is 9.47 Å². The third-order valence-electron chi connectivity index (χ3n) is 4.70. The summed E-state index contributed by atoms with van der Waals surface area (Å²) in [6.45, 7) is 2.00. The number of rotatable bonds is 10. The van der Waals surface area contributed by atoms with Crippen LogP contribution in [0.25, 0.3) is 0 Å². The summed E-state index contributed by atoms with van der Waals surface area (Å²) in [7, 11) is 2.93. The van der Waals surface area contributed by atoms with Crippen LogP contribution in [0.4, 0.5) is 11.4 Å². The first-order chi connectivity index (χ1) is 16.4. The average Bonchev–Trinajstić information content (AvgIpc) is 2.83. The molecule has 1 aromatic heterocycles. The summed E-state index contributed by atoms with van der Waals surface area (Å²) >= 11 is 1.13. The van der Waals surface area contributed by atoms with Gasteiger partial charge in [-0.15, -0.1) is 0 Å². The van der Waals surface area contributed by atoms with E-state index in [1.165, 1.54) is 20.3 Å². The smallest absolute Gasteiger partial charge is 0.255 e. The lowest BCUT2D eigenvalue weighted by Gasteiger charge is -2.16. The maximum Gasteiger partial charge on any atom is 0.255 e. The number of aryl methyl sites for hydroxylation is 1. The molecule has 0 saturated carbocycles. The fourth-order valence-electron chi connectivity index (χ4n) is 3.13. The fraction of sp³-hybridized carbons (Fsp3) is 0.250. The van der Waals surface area contributed by atoms with Gasteiger partial charge >= 0.3 is 0 Å². The lowest BCUT2D eigenvalue weighted by molar-refractivity contribution is -0.113. The molecule has 2 amide bonds. The highest BCUT2D eigenvalue weighted by Crippen LogP contribution is 2.36. The van der Waals surface area contributed by atoms with E-state index in [2.05, 4.69) is 20.6 Å². The number of aromatic amines is 1. The first kappa shape index (κ1) is 24.8. The van der Waals surface area contributed by atoms with Gasteiger partial charge in [-0.1, -0.05) is 43.3 Å². The van der Waals surface area contributed by atoms with Crippen LogP contribution in [-0.2, 0) is 11.2 Å². The first-order valence-electron chi connectivity index (χ1n) is 10.6. The third-order valence-corrected chi connectivity index (χ3v) is 5.57. The lowest BCUT2D eigenvalue weighted by Crippen LogP contribution is -2.17. The van der Waals surface area contributed by atoms with Crippen LogP contribution < -0.4 is 25.7 Å². The Balaban J connectivity index is 1.72. The van der Waals surface area contributed by atoms with Crippen molar-refractivity contribution in [1.82, 2.24) is 9.97 Å². The van der Waals surface area contributed by atoms with Gasteiger partial charge in [-0.3, -0.25) is 14.4 Å². The van der Waals surface area contributed by atoms with Gasteiger partial charge in [0.25, 0.3) is 11.5 Å². The minimum Gasteiger partial charge on any atom is -0.494 e. The second-order valence-electron chi connectivity index (χ2n) is 7.20. The summed E-state index contributed by atoms with van der Waals surface area (Å²) in [5.74, 6) is 0.0948. The van der Waals surface area contributed by atoms with E-state index < -0.39 is 0 Å². The van der Waals surface area contributed by atoms with E-state index in [1.807, 2.05) is 13.0 Å². The van der Waals surface area contributed by atoms with Crippen LogP contribution in [0.15, 0.2) is 58.5 Å². The highest BCUT2D eigenvalue weighted by atomic mass is 32.2. The van der Waals surface area contributed by atoms with Crippen molar-refractivity contribution in [3.63, 3.8) is 0 Å². The predicted octanol–water partition coefficient (Wildman–Crippen LogP) is 3.72. The molecule has 0 unspecified atom stereocenters. The third kappa shape index (κ3) is 6.61. The molecule has 0 aliphatic heterocycles. The van der Waals surface area contributed by atoms with Gasteiger partial charge in [-0.2, -0.15) is 0 Å². The monoisotopic (exact) mass is 482 g/mol. The highest BCUT2D eigenvalue weighted by Gasteiger charge is 2.16. The van der Waals surface area contributed by atoms with Crippen LogP contribution >= 0.6 is 11.8 Å². The van der Waals surface area contributed by atoms with Gasteiger partial charge in [0.15, 0.2) is 5.16 Å². The molecule has 178 valence electrons. The molecule has 0 bridgehead atoms. The van der Waals surface area contributed by atoms with Gasteiger partial charge in [-0.05, 0) is 18.6 Å². The molecule has 2 aromatic carbocycles. The molecular weight excluding hydrogens is 456 g/mol. The Hall–Kier alpha value is -3.79. The molecule has 3 rings (SSSR count). The number of methoxy groups -OCH3 is 2. The molecule has 0 spiro atoms. The molecule has 34 heavy (non-hydrogen) atoms. The molecule has 0 aliphatic carbocycles. The molecule has 9 nitrogen and oxygen atoms in total. The Morgan fingerprint density at radius 2 is 1.65 bits per heavy atom. The van der Waals surface area contributed by atoms with Crippen LogP contribution in [0.5, 0.6) is 11.5 Å². The first-order valence-corrected chi connectivity index (χ1v) is 11.6. The van der Waals surface area contributed by atoms with Gasteiger partial charge in [0.2, 0.25) is 5.91 Å². The summed E-state index contributed by atoms with van der Waals surface area (Å²) in [6.07, 6.45) is 1.55. The van der Waals surface area contributed by atoms with Crippen LogP contribution in [0, 0.1) is 0 Å². The number of benzene rings is 2. The lowest BCUT2D eigenvalue weighted by atomic mass is 10.2. The molecule has 3 N–H and O–H groups in total.